The highest BCUT2D eigenvalue weighted by Crippen LogP contribution is 2.21. The molecule has 1 saturated heterocycles. The fourth-order valence-corrected chi connectivity index (χ4v) is 4.29. The molecular weight excluding hydrogens is 400 g/mol. The quantitative estimate of drug-likeness (QED) is 0.515. The average molecular weight is 427 g/mol. The van der Waals surface area contributed by atoms with Gasteiger partial charge in [0.1, 0.15) is 5.82 Å². The molecule has 0 atom stereocenters. The van der Waals surface area contributed by atoms with Crippen molar-refractivity contribution < 1.29 is 4.79 Å². The Morgan fingerprint density at radius 3 is 2.66 bits per heavy atom. The van der Waals surface area contributed by atoms with E-state index in [1.54, 1.807) is 4.68 Å². The summed E-state index contributed by atoms with van der Waals surface area (Å²) in [6.07, 6.45) is 2.58. The summed E-state index contributed by atoms with van der Waals surface area (Å²) in [6.45, 7) is 7.18. The Hall–Kier alpha value is -3.58. The van der Waals surface area contributed by atoms with Gasteiger partial charge in [0, 0.05) is 11.9 Å². The number of hydrogen-bond donors (Lipinski definition) is 1. The maximum Gasteiger partial charge on any atom is 0.279 e. The van der Waals surface area contributed by atoms with Crippen LogP contribution in [0.1, 0.15) is 40.2 Å². The lowest BCUT2D eigenvalue weighted by Crippen LogP contribution is -2.18. The zero-order chi connectivity index (χ0) is 22.1. The molecular formula is C25H26N6O. The van der Waals surface area contributed by atoms with E-state index in [4.69, 9.17) is 0 Å². The highest BCUT2D eigenvalue weighted by molar-refractivity contribution is 6.03. The Balaban J connectivity index is 1.34. The number of amides is 1. The fourth-order valence-electron chi connectivity index (χ4n) is 4.29. The topological polar surface area (TPSA) is 75.9 Å². The van der Waals surface area contributed by atoms with Crippen LogP contribution in [0.25, 0.3) is 16.6 Å². The lowest BCUT2D eigenvalue weighted by Gasteiger charge is -2.15. The van der Waals surface area contributed by atoms with Crippen molar-refractivity contribution in [1.29, 1.82) is 0 Å². The predicted molar refractivity (Wildman–Crippen MR) is 125 cm³/mol. The van der Waals surface area contributed by atoms with Gasteiger partial charge in [0.05, 0.1) is 16.9 Å². The van der Waals surface area contributed by atoms with Crippen LogP contribution in [0.5, 0.6) is 0 Å². The lowest BCUT2D eigenvalue weighted by atomic mass is 10.1. The molecule has 0 spiro atoms. The number of pyridine rings is 1. The molecule has 3 heterocycles. The van der Waals surface area contributed by atoms with E-state index < -0.39 is 0 Å². The molecule has 162 valence electrons. The van der Waals surface area contributed by atoms with Gasteiger partial charge in [0.2, 0.25) is 0 Å². The first kappa shape index (κ1) is 20.3. The molecule has 1 N–H and O–H groups in total. The lowest BCUT2D eigenvalue weighted by molar-refractivity contribution is 0.102. The Morgan fingerprint density at radius 1 is 1.03 bits per heavy atom. The van der Waals surface area contributed by atoms with Crippen molar-refractivity contribution in [2.45, 2.75) is 33.2 Å². The summed E-state index contributed by atoms with van der Waals surface area (Å²) < 4.78 is 1.69. The third-order valence-electron chi connectivity index (χ3n) is 6.05. The molecule has 0 aliphatic carbocycles. The number of carbonyl (C=O) groups excluding carboxylic acids is 1. The van der Waals surface area contributed by atoms with Crippen molar-refractivity contribution >= 4 is 22.6 Å². The van der Waals surface area contributed by atoms with Crippen molar-refractivity contribution in [2.75, 3.05) is 18.4 Å². The number of nitrogens with zero attached hydrogens (tertiary/aromatic N) is 5. The number of nitrogens with one attached hydrogen (secondary N) is 1. The van der Waals surface area contributed by atoms with Crippen LogP contribution in [0.3, 0.4) is 0 Å². The second-order valence-electron chi connectivity index (χ2n) is 8.38. The van der Waals surface area contributed by atoms with Crippen LogP contribution < -0.4 is 5.32 Å². The number of anilines is 1. The molecule has 0 bridgehead atoms. The van der Waals surface area contributed by atoms with Gasteiger partial charge in [0.25, 0.3) is 5.91 Å². The minimum atomic E-state index is -0.320. The van der Waals surface area contributed by atoms with Gasteiger partial charge < -0.3 is 5.32 Å². The molecule has 0 radical (unpaired) electrons. The van der Waals surface area contributed by atoms with Gasteiger partial charge in [-0.25, -0.2) is 9.67 Å². The fraction of sp³-hybridized carbons (Fsp3) is 0.280. The minimum absolute atomic E-state index is 0.288. The minimum Gasteiger partial charge on any atom is -0.305 e. The summed E-state index contributed by atoms with van der Waals surface area (Å²) in [7, 11) is 0. The van der Waals surface area contributed by atoms with Crippen LogP contribution in [0.2, 0.25) is 0 Å². The molecule has 1 fully saturated rings. The Labute approximate surface area is 187 Å². The number of carbonyl (C=O) groups is 1. The van der Waals surface area contributed by atoms with Crippen molar-refractivity contribution in [3.05, 3.63) is 77.1 Å². The van der Waals surface area contributed by atoms with E-state index in [0.29, 0.717) is 11.5 Å². The van der Waals surface area contributed by atoms with E-state index in [1.165, 1.54) is 31.5 Å². The molecule has 1 amide bonds. The second kappa shape index (κ2) is 8.51. The Kier molecular flexibility index (Phi) is 5.41. The maximum atomic E-state index is 12.9. The van der Waals surface area contributed by atoms with Gasteiger partial charge in [-0.15, -0.1) is 5.10 Å². The summed E-state index contributed by atoms with van der Waals surface area (Å²) in [5, 5.41) is 12.3. The van der Waals surface area contributed by atoms with Gasteiger partial charge in [-0.3, -0.25) is 9.69 Å². The molecule has 7 nitrogen and oxygen atoms in total. The molecule has 1 aliphatic rings. The maximum absolute atomic E-state index is 12.9. The van der Waals surface area contributed by atoms with Crippen molar-refractivity contribution in [3.63, 3.8) is 0 Å². The predicted octanol–water partition coefficient (Wildman–Crippen LogP) is 4.28. The van der Waals surface area contributed by atoms with Gasteiger partial charge >= 0.3 is 0 Å². The van der Waals surface area contributed by atoms with Crippen molar-refractivity contribution in [2.24, 2.45) is 0 Å². The van der Waals surface area contributed by atoms with E-state index in [0.717, 1.165) is 28.7 Å². The summed E-state index contributed by atoms with van der Waals surface area (Å²) in [5.74, 6) is 0.180. The molecule has 32 heavy (non-hydrogen) atoms. The monoisotopic (exact) mass is 426 g/mol. The third-order valence-corrected chi connectivity index (χ3v) is 6.05. The number of hydrogen-bond acceptors (Lipinski definition) is 5. The Morgan fingerprint density at radius 2 is 1.84 bits per heavy atom. The van der Waals surface area contributed by atoms with Gasteiger partial charge in [0.15, 0.2) is 5.69 Å². The summed E-state index contributed by atoms with van der Waals surface area (Å²) in [6, 6.07) is 18.0. The Bertz CT molecular complexity index is 1290. The van der Waals surface area contributed by atoms with Crippen LogP contribution in [0.15, 0.2) is 54.6 Å². The zero-order valence-electron chi connectivity index (χ0n) is 18.4. The van der Waals surface area contributed by atoms with Crippen molar-refractivity contribution in [3.8, 4) is 5.69 Å². The third kappa shape index (κ3) is 3.99. The molecule has 2 aromatic heterocycles. The number of fused-ring (bicyclic) bond motifs is 1. The summed E-state index contributed by atoms with van der Waals surface area (Å²) >= 11 is 0. The van der Waals surface area contributed by atoms with Crippen LogP contribution in [-0.2, 0) is 6.54 Å². The van der Waals surface area contributed by atoms with E-state index >= 15 is 0 Å². The number of likely N-dealkylation sites (tertiary alicyclic amines) is 1. The molecule has 1 aliphatic heterocycles. The standard InChI is InChI=1S/C25H26N6O/c1-17-7-3-4-8-22(17)31-18(2)24(28-29-31)25(32)27-23-12-10-20-15-19(9-11-21(20)26-23)16-30-13-5-6-14-30/h3-4,7-12,15H,5-6,13-14,16H2,1-2H3,(H,26,27,32). The number of aryl methyl sites for hydroxylation is 1. The average Bonchev–Trinajstić information content (AvgIpc) is 3.44. The second-order valence-corrected chi connectivity index (χ2v) is 8.38. The number of rotatable bonds is 5. The first-order valence-electron chi connectivity index (χ1n) is 11.0. The van der Waals surface area contributed by atoms with Crippen LogP contribution in [0.4, 0.5) is 5.82 Å². The van der Waals surface area contributed by atoms with E-state index in [2.05, 4.69) is 37.6 Å². The van der Waals surface area contributed by atoms with Crippen LogP contribution in [-0.4, -0.2) is 43.9 Å². The highest BCUT2D eigenvalue weighted by Gasteiger charge is 2.19. The number of benzene rings is 2. The smallest absolute Gasteiger partial charge is 0.279 e. The first-order valence-corrected chi connectivity index (χ1v) is 11.0. The highest BCUT2D eigenvalue weighted by atomic mass is 16.2. The molecule has 0 saturated carbocycles. The molecule has 5 rings (SSSR count). The molecule has 4 aromatic rings. The van der Waals surface area contributed by atoms with Crippen LogP contribution in [0, 0.1) is 13.8 Å². The van der Waals surface area contributed by atoms with Gasteiger partial charge in [-0.05, 0) is 81.2 Å². The summed E-state index contributed by atoms with van der Waals surface area (Å²) in [5.41, 5.74) is 5.09. The molecule has 2 aromatic carbocycles. The number of para-hydroxylation sites is 1. The van der Waals surface area contributed by atoms with E-state index in [-0.39, 0.29) is 11.6 Å². The zero-order valence-corrected chi connectivity index (χ0v) is 18.4. The van der Waals surface area contributed by atoms with Gasteiger partial charge in [-0.2, -0.15) is 0 Å². The van der Waals surface area contributed by atoms with Crippen LogP contribution >= 0.6 is 0 Å². The SMILES string of the molecule is Cc1ccccc1-n1nnc(C(=O)Nc2ccc3cc(CN4CCCC4)ccc3n2)c1C. The van der Waals surface area contributed by atoms with Gasteiger partial charge in [-0.1, -0.05) is 29.5 Å². The number of aromatic nitrogens is 4. The summed E-state index contributed by atoms with van der Waals surface area (Å²) in [4.78, 5) is 20.0. The molecule has 0 unspecified atom stereocenters. The molecule has 7 heteroatoms. The largest absolute Gasteiger partial charge is 0.305 e. The first-order chi connectivity index (χ1) is 15.6. The van der Waals surface area contributed by atoms with E-state index in [1.807, 2.05) is 56.3 Å². The van der Waals surface area contributed by atoms with Crippen molar-refractivity contribution in [1.82, 2.24) is 24.9 Å². The normalized spacial score (nSPS) is 14.2. The van der Waals surface area contributed by atoms with E-state index in [9.17, 15) is 4.79 Å².